The monoisotopic (exact) mass is 218 g/mol. The van der Waals surface area contributed by atoms with Crippen molar-refractivity contribution in [3.63, 3.8) is 0 Å². The lowest BCUT2D eigenvalue weighted by molar-refractivity contribution is -0.131. The van der Waals surface area contributed by atoms with Gasteiger partial charge in [-0.05, 0) is 32.7 Å². The van der Waals surface area contributed by atoms with Crippen molar-refractivity contribution < 1.29 is 4.79 Å². The van der Waals surface area contributed by atoms with Crippen molar-refractivity contribution in [1.82, 2.24) is 10.2 Å². The van der Waals surface area contributed by atoms with Gasteiger partial charge < -0.3 is 10.2 Å². The molecule has 2 heterocycles. The van der Waals surface area contributed by atoms with Gasteiger partial charge in [0.15, 0.2) is 0 Å². The number of carbonyl (C=O) groups is 1. The van der Waals surface area contributed by atoms with Crippen LogP contribution in [0.4, 0.5) is 0 Å². The first-order chi connectivity index (χ1) is 6.29. The van der Waals surface area contributed by atoms with E-state index in [4.69, 9.17) is 0 Å². The molecule has 2 aliphatic heterocycles. The highest BCUT2D eigenvalue weighted by Gasteiger charge is 2.33. The van der Waals surface area contributed by atoms with Crippen LogP contribution in [-0.2, 0) is 4.79 Å². The number of nitrogens with zero attached hydrogens (tertiary/aromatic N) is 1. The second-order valence-corrected chi connectivity index (χ2v) is 4.19. The number of halogens is 1. The molecule has 2 rings (SSSR count). The van der Waals surface area contributed by atoms with Gasteiger partial charge in [0.05, 0.1) is 0 Å². The summed E-state index contributed by atoms with van der Waals surface area (Å²) in [4.78, 5) is 13.7. The predicted molar refractivity (Wildman–Crippen MR) is 58.7 cm³/mol. The Hall–Kier alpha value is -0.280. The number of hydrogen-bond donors (Lipinski definition) is 1. The summed E-state index contributed by atoms with van der Waals surface area (Å²) in [6.45, 7) is 4.28. The average Bonchev–Trinajstić information content (AvgIpc) is 2.48. The molecule has 1 unspecified atom stereocenters. The Balaban J connectivity index is 0.000000980. The van der Waals surface area contributed by atoms with Gasteiger partial charge in [-0.3, -0.25) is 4.79 Å². The molecule has 14 heavy (non-hydrogen) atoms. The van der Waals surface area contributed by atoms with E-state index in [1.807, 2.05) is 0 Å². The van der Waals surface area contributed by atoms with E-state index in [1.54, 1.807) is 0 Å². The summed E-state index contributed by atoms with van der Waals surface area (Å²) >= 11 is 0. The van der Waals surface area contributed by atoms with Crippen molar-refractivity contribution in [1.29, 1.82) is 0 Å². The highest BCUT2D eigenvalue weighted by Crippen LogP contribution is 2.23. The van der Waals surface area contributed by atoms with Gasteiger partial charge in [-0.25, -0.2) is 0 Å². The molecule has 2 atom stereocenters. The van der Waals surface area contributed by atoms with Crippen LogP contribution in [0.1, 0.15) is 32.6 Å². The fraction of sp³-hybridized carbons (Fsp3) is 0.900. The molecule has 2 fully saturated rings. The molecule has 0 radical (unpaired) electrons. The van der Waals surface area contributed by atoms with Crippen LogP contribution in [0.15, 0.2) is 0 Å². The van der Waals surface area contributed by atoms with Gasteiger partial charge in [-0.1, -0.05) is 0 Å². The Morgan fingerprint density at radius 1 is 1.43 bits per heavy atom. The summed E-state index contributed by atoms with van der Waals surface area (Å²) in [6.07, 6.45) is 4.21. The smallest absolute Gasteiger partial charge is 0.223 e. The maximum atomic E-state index is 11.6. The quantitative estimate of drug-likeness (QED) is 0.717. The van der Waals surface area contributed by atoms with E-state index in [0.29, 0.717) is 18.0 Å². The van der Waals surface area contributed by atoms with E-state index < -0.39 is 0 Å². The molecule has 0 aromatic rings. The minimum atomic E-state index is 0. The third-order valence-electron chi connectivity index (χ3n) is 3.20. The Morgan fingerprint density at radius 2 is 2.21 bits per heavy atom. The van der Waals surface area contributed by atoms with Crippen LogP contribution in [0.2, 0.25) is 0 Å². The Bertz CT molecular complexity index is 204. The second-order valence-electron chi connectivity index (χ2n) is 4.19. The van der Waals surface area contributed by atoms with Gasteiger partial charge in [-0.2, -0.15) is 0 Å². The first kappa shape index (κ1) is 11.8. The number of likely N-dealkylation sites (tertiary alicyclic amines) is 1. The minimum absolute atomic E-state index is 0. The van der Waals surface area contributed by atoms with Crippen LogP contribution in [0.5, 0.6) is 0 Å². The van der Waals surface area contributed by atoms with Crippen LogP contribution in [0.25, 0.3) is 0 Å². The van der Waals surface area contributed by atoms with E-state index in [9.17, 15) is 4.79 Å². The van der Waals surface area contributed by atoms with Crippen molar-refractivity contribution in [2.24, 2.45) is 0 Å². The lowest BCUT2D eigenvalue weighted by Gasteiger charge is -2.34. The molecule has 4 heteroatoms. The Labute approximate surface area is 91.6 Å². The maximum absolute atomic E-state index is 11.6. The van der Waals surface area contributed by atoms with Crippen molar-refractivity contribution in [2.75, 3.05) is 13.1 Å². The molecule has 0 saturated carbocycles. The molecule has 1 N–H and O–H groups in total. The van der Waals surface area contributed by atoms with E-state index >= 15 is 0 Å². The largest absolute Gasteiger partial charge is 0.336 e. The first-order valence-corrected chi connectivity index (χ1v) is 5.31. The number of nitrogens with one attached hydrogen (secondary N) is 1. The summed E-state index contributed by atoms with van der Waals surface area (Å²) in [5, 5.41) is 3.36. The Morgan fingerprint density at radius 3 is 2.71 bits per heavy atom. The summed E-state index contributed by atoms with van der Waals surface area (Å²) in [5.74, 6) is 0.362. The van der Waals surface area contributed by atoms with Crippen LogP contribution in [0.3, 0.4) is 0 Å². The second kappa shape index (κ2) is 4.99. The number of carbonyl (C=O) groups excluding carboxylic acids is 1. The summed E-state index contributed by atoms with van der Waals surface area (Å²) in [7, 11) is 0. The summed E-state index contributed by atoms with van der Waals surface area (Å²) in [6, 6.07) is 0.941. The number of amides is 1. The number of rotatable bonds is 1. The molecule has 1 amide bonds. The molecule has 0 spiro atoms. The summed E-state index contributed by atoms with van der Waals surface area (Å²) < 4.78 is 0. The highest BCUT2D eigenvalue weighted by molar-refractivity contribution is 5.85. The highest BCUT2D eigenvalue weighted by atomic mass is 35.5. The van der Waals surface area contributed by atoms with Gasteiger partial charge in [0.25, 0.3) is 0 Å². The van der Waals surface area contributed by atoms with Gasteiger partial charge >= 0.3 is 0 Å². The SMILES string of the molecule is CC1CCC(=O)N1[C@H]1CCCNC1.Cl. The molecule has 0 bridgehead atoms. The number of hydrogen-bond acceptors (Lipinski definition) is 2. The fourth-order valence-corrected chi connectivity index (χ4v) is 2.48. The van der Waals surface area contributed by atoms with E-state index in [1.165, 1.54) is 12.8 Å². The van der Waals surface area contributed by atoms with Crippen LogP contribution in [-0.4, -0.2) is 36.0 Å². The molecule has 0 aromatic carbocycles. The zero-order chi connectivity index (χ0) is 9.26. The molecule has 0 aromatic heterocycles. The average molecular weight is 219 g/mol. The molecule has 0 aliphatic carbocycles. The van der Waals surface area contributed by atoms with Crippen LogP contribution >= 0.6 is 12.4 Å². The normalized spacial score (nSPS) is 32.9. The molecule has 2 saturated heterocycles. The lowest BCUT2D eigenvalue weighted by atomic mass is 10.1. The van der Waals surface area contributed by atoms with Gasteiger partial charge in [0, 0.05) is 25.0 Å². The number of piperidine rings is 1. The predicted octanol–water partition coefficient (Wildman–Crippen LogP) is 1.17. The summed E-state index contributed by atoms with van der Waals surface area (Å²) in [5.41, 5.74) is 0. The molecule has 82 valence electrons. The van der Waals surface area contributed by atoms with Crippen LogP contribution < -0.4 is 5.32 Å². The lowest BCUT2D eigenvalue weighted by Crippen LogP contribution is -2.49. The van der Waals surface area contributed by atoms with Gasteiger partial charge in [-0.15, -0.1) is 12.4 Å². The maximum Gasteiger partial charge on any atom is 0.223 e. The van der Waals surface area contributed by atoms with Crippen molar-refractivity contribution >= 4 is 18.3 Å². The fourth-order valence-electron chi connectivity index (χ4n) is 2.48. The Kier molecular flexibility index (Phi) is 4.20. The molecule has 3 nitrogen and oxygen atoms in total. The third-order valence-corrected chi connectivity index (χ3v) is 3.20. The molecular formula is C10H19ClN2O. The zero-order valence-electron chi connectivity index (χ0n) is 8.66. The van der Waals surface area contributed by atoms with Gasteiger partial charge in [0.2, 0.25) is 5.91 Å². The standard InChI is InChI=1S/C10H18N2O.ClH/c1-8-4-5-10(13)12(8)9-3-2-6-11-7-9;/h8-9,11H,2-7H2,1H3;1H/t8?,9-;/m0./s1. The minimum Gasteiger partial charge on any atom is -0.336 e. The van der Waals surface area contributed by atoms with Crippen molar-refractivity contribution in [3.8, 4) is 0 Å². The van der Waals surface area contributed by atoms with E-state index in [2.05, 4.69) is 17.1 Å². The third kappa shape index (κ3) is 2.20. The van der Waals surface area contributed by atoms with E-state index in [-0.39, 0.29) is 12.4 Å². The van der Waals surface area contributed by atoms with Crippen molar-refractivity contribution in [2.45, 2.75) is 44.7 Å². The van der Waals surface area contributed by atoms with E-state index in [0.717, 1.165) is 25.9 Å². The van der Waals surface area contributed by atoms with Crippen LogP contribution in [0, 0.1) is 0 Å². The molecule has 2 aliphatic rings. The zero-order valence-corrected chi connectivity index (χ0v) is 9.48. The molecular weight excluding hydrogens is 200 g/mol. The first-order valence-electron chi connectivity index (χ1n) is 5.31. The topological polar surface area (TPSA) is 32.3 Å². The van der Waals surface area contributed by atoms with Gasteiger partial charge in [0.1, 0.15) is 0 Å². The van der Waals surface area contributed by atoms with Crippen molar-refractivity contribution in [3.05, 3.63) is 0 Å².